The molecule has 0 aliphatic rings. The Balaban J connectivity index is 1.53. The van der Waals surface area contributed by atoms with Crippen LogP contribution in [0.15, 0.2) is 109 Å². The van der Waals surface area contributed by atoms with Gasteiger partial charge in [-0.05, 0) is 88.9 Å². The van der Waals surface area contributed by atoms with Gasteiger partial charge in [-0.2, -0.15) is 10.5 Å². The molecule has 51 heavy (non-hydrogen) atoms. The van der Waals surface area contributed by atoms with Gasteiger partial charge in [-0.1, -0.05) is 114 Å². The third kappa shape index (κ3) is 5.78. The SMILES string of the molecule is Cc1cc(-n2c3ccc(C(C)(C)C)cc3c3cc(C(C)(C)C)ccc32)cc(C)c1-c1c(C#N)c(-c2ccccc2)nc(-c2ccccc2)c1C#N. The topological polar surface area (TPSA) is 65.4 Å². The lowest BCUT2D eigenvalue weighted by atomic mass is 9.85. The largest absolute Gasteiger partial charge is 0.309 e. The molecule has 4 nitrogen and oxygen atoms in total. The third-order valence-corrected chi connectivity index (χ3v) is 10.0. The number of benzene rings is 5. The zero-order valence-electron chi connectivity index (χ0n) is 30.7. The molecule has 5 aromatic carbocycles. The van der Waals surface area contributed by atoms with Gasteiger partial charge in [0.2, 0.25) is 0 Å². The van der Waals surface area contributed by atoms with E-state index in [9.17, 15) is 10.5 Å². The summed E-state index contributed by atoms with van der Waals surface area (Å²) < 4.78 is 2.36. The van der Waals surface area contributed by atoms with Gasteiger partial charge in [-0.25, -0.2) is 4.98 Å². The van der Waals surface area contributed by atoms with Crippen LogP contribution in [0.4, 0.5) is 0 Å². The van der Waals surface area contributed by atoms with Crippen molar-refractivity contribution in [2.45, 2.75) is 66.2 Å². The molecule has 0 N–H and O–H groups in total. The highest BCUT2D eigenvalue weighted by Crippen LogP contribution is 2.43. The standard InChI is InChI=1S/C47H42N4/c1-29-23-35(51-40-21-19-33(46(3,4)5)25-36(40)37-26-34(47(6,7)8)20-22-41(37)51)24-30(2)42(29)43-38(27-48)44(31-15-11-9-12-16-31)50-45(39(43)28-49)32-17-13-10-14-18-32/h9-26H,1-8H3. The van der Waals surface area contributed by atoms with Gasteiger partial charge in [0.1, 0.15) is 12.1 Å². The molecule has 0 bridgehead atoms. The molecule has 7 rings (SSSR count). The predicted molar refractivity (Wildman–Crippen MR) is 211 cm³/mol. The van der Waals surface area contributed by atoms with Crippen molar-refractivity contribution in [3.8, 4) is 51.5 Å². The molecule has 0 fully saturated rings. The smallest absolute Gasteiger partial charge is 0.102 e. The summed E-state index contributed by atoms with van der Waals surface area (Å²) >= 11 is 0. The van der Waals surface area contributed by atoms with Gasteiger partial charge < -0.3 is 4.57 Å². The van der Waals surface area contributed by atoms with Gasteiger partial charge in [0.15, 0.2) is 0 Å². The Bertz CT molecular complexity index is 2390. The minimum absolute atomic E-state index is 0.0116. The second kappa shape index (κ2) is 12.4. The molecule has 0 radical (unpaired) electrons. The van der Waals surface area contributed by atoms with Crippen LogP contribution in [0.25, 0.3) is 61.1 Å². The molecular formula is C47H42N4. The van der Waals surface area contributed by atoms with E-state index >= 15 is 0 Å². The molecule has 0 saturated carbocycles. The van der Waals surface area contributed by atoms with E-state index in [-0.39, 0.29) is 10.8 Å². The molecule has 250 valence electrons. The lowest BCUT2D eigenvalue weighted by Gasteiger charge is -2.21. The Morgan fingerprint density at radius 3 is 1.31 bits per heavy atom. The Hall–Kier alpha value is -5.97. The van der Waals surface area contributed by atoms with E-state index in [0.29, 0.717) is 28.1 Å². The van der Waals surface area contributed by atoms with Crippen LogP contribution < -0.4 is 0 Å². The summed E-state index contributed by atoms with van der Waals surface area (Å²) in [5, 5.41) is 24.0. The number of nitriles is 2. The number of hydrogen-bond acceptors (Lipinski definition) is 3. The second-order valence-electron chi connectivity index (χ2n) is 15.6. The van der Waals surface area contributed by atoms with E-state index in [1.54, 1.807) is 0 Å². The maximum absolute atomic E-state index is 10.8. The van der Waals surface area contributed by atoms with Crippen LogP contribution >= 0.6 is 0 Å². The van der Waals surface area contributed by atoms with E-state index in [2.05, 4.69) is 121 Å². The average molecular weight is 663 g/mol. The molecule has 0 aliphatic carbocycles. The molecule has 7 aromatic rings. The van der Waals surface area contributed by atoms with Gasteiger partial charge in [0, 0.05) is 33.2 Å². The molecule has 0 unspecified atom stereocenters. The molecule has 0 aliphatic heterocycles. The summed E-state index contributed by atoms with van der Waals surface area (Å²) in [5.74, 6) is 0. The van der Waals surface area contributed by atoms with E-state index < -0.39 is 0 Å². The Morgan fingerprint density at radius 1 is 0.529 bits per heavy atom. The number of aromatic nitrogens is 2. The summed E-state index contributed by atoms with van der Waals surface area (Å²) in [4.78, 5) is 5.03. The quantitative estimate of drug-likeness (QED) is 0.188. The van der Waals surface area contributed by atoms with Crippen LogP contribution in [-0.4, -0.2) is 9.55 Å². The van der Waals surface area contributed by atoms with Crippen LogP contribution in [0.3, 0.4) is 0 Å². The van der Waals surface area contributed by atoms with Crippen molar-refractivity contribution in [3.05, 3.63) is 143 Å². The number of rotatable bonds is 4. The first-order valence-electron chi connectivity index (χ1n) is 17.5. The first-order chi connectivity index (χ1) is 24.3. The zero-order valence-corrected chi connectivity index (χ0v) is 30.7. The van der Waals surface area contributed by atoms with Crippen LogP contribution in [0, 0.1) is 36.5 Å². The lowest BCUT2D eigenvalue weighted by Crippen LogP contribution is -2.10. The average Bonchev–Trinajstić information content (AvgIpc) is 3.44. The van der Waals surface area contributed by atoms with Gasteiger partial charge in [-0.15, -0.1) is 0 Å². The molecule has 2 aromatic heterocycles. The van der Waals surface area contributed by atoms with Crippen molar-refractivity contribution in [1.29, 1.82) is 10.5 Å². The molecule has 0 spiro atoms. The molecular weight excluding hydrogens is 621 g/mol. The number of aryl methyl sites for hydroxylation is 2. The Morgan fingerprint density at radius 2 is 0.941 bits per heavy atom. The summed E-state index contributed by atoms with van der Waals surface area (Å²) in [5.41, 5.74) is 13.0. The van der Waals surface area contributed by atoms with Gasteiger partial charge in [0.05, 0.1) is 33.5 Å². The van der Waals surface area contributed by atoms with Crippen molar-refractivity contribution >= 4 is 21.8 Å². The fourth-order valence-electron chi connectivity index (χ4n) is 7.36. The summed E-state index contributed by atoms with van der Waals surface area (Å²) in [6.45, 7) is 17.7. The summed E-state index contributed by atoms with van der Waals surface area (Å²) in [7, 11) is 0. The molecule has 2 heterocycles. The number of fused-ring (bicyclic) bond motifs is 3. The highest BCUT2D eigenvalue weighted by Gasteiger charge is 2.26. The molecule has 0 amide bonds. The Labute approximate surface area is 301 Å². The monoisotopic (exact) mass is 662 g/mol. The fraction of sp³-hybridized carbons (Fsp3) is 0.213. The number of nitrogens with zero attached hydrogens (tertiary/aromatic N) is 4. The van der Waals surface area contributed by atoms with Gasteiger partial charge in [-0.3, -0.25) is 0 Å². The highest BCUT2D eigenvalue weighted by atomic mass is 15.0. The fourth-order valence-corrected chi connectivity index (χ4v) is 7.36. The van der Waals surface area contributed by atoms with Crippen molar-refractivity contribution < 1.29 is 0 Å². The van der Waals surface area contributed by atoms with E-state index in [1.165, 1.54) is 21.9 Å². The summed E-state index contributed by atoms with van der Waals surface area (Å²) in [6, 6.07) is 42.7. The van der Waals surface area contributed by atoms with Crippen LogP contribution in [-0.2, 0) is 10.8 Å². The predicted octanol–water partition coefficient (Wildman–Crippen LogP) is 12.1. The van der Waals surface area contributed by atoms with Crippen molar-refractivity contribution in [2.75, 3.05) is 0 Å². The maximum Gasteiger partial charge on any atom is 0.102 e. The lowest BCUT2D eigenvalue weighted by molar-refractivity contribution is 0.590. The van der Waals surface area contributed by atoms with Crippen molar-refractivity contribution in [2.24, 2.45) is 0 Å². The molecule has 0 atom stereocenters. The number of pyridine rings is 1. The zero-order chi connectivity index (χ0) is 36.2. The summed E-state index contributed by atoms with van der Waals surface area (Å²) in [6.07, 6.45) is 0. The van der Waals surface area contributed by atoms with Crippen LogP contribution in [0.5, 0.6) is 0 Å². The molecule has 0 saturated heterocycles. The first-order valence-corrected chi connectivity index (χ1v) is 17.5. The first kappa shape index (κ1) is 33.5. The minimum Gasteiger partial charge on any atom is -0.309 e. The number of hydrogen-bond donors (Lipinski definition) is 0. The van der Waals surface area contributed by atoms with Gasteiger partial charge in [0.25, 0.3) is 0 Å². The Kier molecular flexibility index (Phi) is 8.16. The minimum atomic E-state index is 0.0116. The highest BCUT2D eigenvalue weighted by molar-refractivity contribution is 6.10. The second-order valence-corrected chi connectivity index (χ2v) is 15.6. The van der Waals surface area contributed by atoms with Crippen LogP contribution in [0.2, 0.25) is 0 Å². The van der Waals surface area contributed by atoms with E-state index in [1.807, 2.05) is 60.7 Å². The third-order valence-electron chi connectivity index (χ3n) is 10.0. The maximum atomic E-state index is 10.8. The van der Waals surface area contributed by atoms with Crippen molar-refractivity contribution in [3.63, 3.8) is 0 Å². The molecule has 4 heteroatoms. The van der Waals surface area contributed by atoms with Crippen LogP contribution in [0.1, 0.15) is 74.9 Å². The van der Waals surface area contributed by atoms with E-state index in [0.717, 1.165) is 44.5 Å². The van der Waals surface area contributed by atoms with E-state index in [4.69, 9.17) is 4.98 Å². The normalized spacial score (nSPS) is 11.9. The van der Waals surface area contributed by atoms with Gasteiger partial charge >= 0.3 is 0 Å². The van der Waals surface area contributed by atoms with Crippen molar-refractivity contribution in [1.82, 2.24) is 9.55 Å².